The Kier molecular flexibility index (Phi) is 4.98. The molecule has 1 unspecified atom stereocenters. The summed E-state index contributed by atoms with van der Waals surface area (Å²) in [6.07, 6.45) is 2.64. The molecule has 0 amide bonds. The van der Waals surface area contributed by atoms with Crippen molar-refractivity contribution in [2.45, 2.75) is 19.9 Å². The fourth-order valence-electron chi connectivity index (χ4n) is 3.58. The minimum Gasteiger partial charge on any atom is -0.383 e. The largest absolute Gasteiger partial charge is 0.383 e. The number of fused-ring (bicyclic) bond motifs is 1. The third-order valence-electron chi connectivity index (χ3n) is 5.05. The van der Waals surface area contributed by atoms with Gasteiger partial charge in [-0.05, 0) is 31.4 Å². The minimum absolute atomic E-state index is 0.168. The van der Waals surface area contributed by atoms with Crippen molar-refractivity contribution in [1.29, 1.82) is 0 Å². The first-order valence-corrected chi connectivity index (χ1v) is 10.2. The first-order valence-electron chi connectivity index (χ1n) is 9.81. The van der Waals surface area contributed by atoms with Crippen LogP contribution < -0.4 is 16.6 Å². The number of hydrogen-bond acceptors (Lipinski definition) is 10. The summed E-state index contributed by atoms with van der Waals surface area (Å²) in [4.78, 5) is 30.2. The van der Waals surface area contributed by atoms with Gasteiger partial charge in [0, 0.05) is 0 Å². The van der Waals surface area contributed by atoms with Gasteiger partial charge in [0.1, 0.15) is 29.9 Å². The van der Waals surface area contributed by atoms with Gasteiger partial charge in [0.15, 0.2) is 5.82 Å². The molecule has 12 nitrogen and oxygen atoms in total. The van der Waals surface area contributed by atoms with Crippen LogP contribution in [0.25, 0.3) is 28.2 Å². The Morgan fingerprint density at radius 2 is 2.09 bits per heavy atom. The first-order chi connectivity index (χ1) is 15.9. The number of nitrogens with one attached hydrogen (secondary N) is 2. The number of nitrogen functional groups attached to an aromatic ring is 1. The standard InChI is InChI=1S/C20H17ClN10O2/c1-9(27-17-15(16(22)23-7-24-17)18-28-10(2)30-33-18)13-6-11-4-3-5-12(21)14(11)19(32)31(13)20-25-8-26-29-20/h3-9H,1-2H3,(H,25,26,29)(H3,22,23,24,27). The van der Waals surface area contributed by atoms with Crippen molar-refractivity contribution < 1.29 is 4.52 Å². The lowest BCUT2D eigenvalue weighted by Gasteiger charge is -2.21. The molecular formula is C20H17ClN10O2. The number of nitrogens with two attached hydrogens (primary N) is 1. The second kappa shape index (κ2) is 7.98. The fourth-order valence-corrected chi connectivity index (χ4v) is 3.84. The molecule has 0 bridgehead atoms. The lowest BCUT2D eigenvalue weighted by molar-refractivity contribution is 0.425. The highest BCUT2D eigenvalue weighted by atomic mass is 35.5. The highest BCUT2D eigenvalue weighted by Gasteiger charge is 2.23. The van der Waals surface area contributed by atoms with Crippen molar-refractivity contribution in [2.75, 3.05) is 11.1 Å². The summed E-state index contributed by atoms with van der Waals surface area (Å²) in [6, 6.07) is 6.66. The van der Waals surface area contributed by atoms with E-state index in [1.54, 1.807) is 19.1 Å². The summed E-state index contributed by atoms with van der Waals surface area (Å²) in [5, 5.41) is 15.1. The predicted molar refractivity (Wildman–Crippen MR) is 121 cm³/mol. The monoisotopic (exact) mass is 464 g/mol. The Morgan fingerprint density at radius 1 is 1.24 bits per heavy atom. The number of halogens is 1. The van der Waals surface area contributed by atoms with Crippen LogP contribution in [0, 0.1) is 6.92 Å². The van der Waals surface area contributed by atoms with E-state index in [4.69, 9.17) is 21.9 Å². The second-order valence-corrected chi connectivity index (χ2v) is 7.63. The predicted octanol–water partition coefficient (Wildman–Crippen LogP) is 2.67. The molecule has 0 aliphatic heterocycles. The molecule has 166 valence electrons. The first kappa shape index (κ1) is 20.6. The van der Waals surface area contributed by atoms with Gasteiger partial charge < -0.3 is 15.6 Å². The minimum atomic E-state index is -0.455. The van der Waals surface area contributed by atoms with Gasteiger partial charge in [-0.3, -0.25) is 4.79 Å². The number of H-pyrrole nitrogens is 1. The Hall–Kier alpha value is -4.32. The highest BCUT2D eigenvalue weighted by molar-refractivity contribution is 6.35. The number of pyridine rings is 1. The molecular weight excluding hydrogens is 448 g/mol. The molecule has 0 aliphatic carbocycles. The normalized spacial score (nSPS) is 12.2. The topological polar surface area (TPSA) is 166 Å². The van der Waals surface area contributed by atoms with E-state index >= 15 is 0 Å². The number of rotatable bonds is 5. The number of aromatic nitrogens is 8. The zero-order chi connectivity index (χ0) is 23.1. The van der Waals surface area contributed by atoms with Crippen LogP contribution in [-0.4, -0.2) is 39.9 Å². The molecule has 0 radical (unpaired) electrons. The summed E-state index contributed by atoms with van der Waals surface area (Å²) in [5.41, 5.74) is 6.69. The lowest BCUT2D eigenvalue weighted by Crippen LogP contribution is -2.27. The number of benzene rings is 1. The number of nitrogens with zero attached hydrogens (tertiary/aromatic N) is 7. The maximum absolute atomic E-state index is 13.5. The van der Waals surface area contributed by atoms with Crippen LogP contribution in [-0.2, 0) is 0 Å². The Morgan fingerprint density at radius 3 is 2.82 bits per heavy atom. The van der Waals surface area contributed by atoms with Gasteiger partial charge >= 0.3 is 0 Å². The van der Waals surface area contributed by atoms with Crippen molar-refractivity contribution in [1.82, 2.24) is 39.9 Å². The zero-order valence-corrected chi connectivity index (χ0v) is 18.2. The summed E-state index contributed by atoms with van der Waals surface area (Å²) in [7, 11) is 0. The number of anilines is 2. The molecule has 5 aromatic rings. The molecule has 0 aliphatic rings. The molecule has 4 aromatic heterocycles. The van der Waals surface area contributed by atoms with E-state index in [1.165, 1.54) is 17.2 Å². The number of aryl methyl sites for hydroxylation is 1. The highest BCUT2D eigenvalue weighted by Crippen LogP contribution is 2.32. The van der Waals surface area contributed by atoms with Crippen LogP contribution in [0.2, 0.25) is 5.02 Å². The van der Waals surface area contributed by atoms with Crippen LogP contribution >= 0.6 is 11.6 Å². The third-order valence-corrected chi connectivity index (χ3v) is 5.37. The van der Waals surface area contributed by atoms with Crippen LogP contribution in [0.5, 0.6) is 0 Å². The second-order valence-electron chi connectivity index (χ2n) is 7.22. The van der Waals surface area contributed by atoms with E-state index in [0.717, 1.165) is 0 Å². The van der Waals surface area contributed by atoms with Gasteiger partial charge in [-0.15, -0.1) is 0 Å². The van der Waals surface area contributed by atoms with Crippen molar-refractivity contribution in [3.63, 3.8) is 0 Å². The van der Waals surface area contributed by atoms with Gasteiger partial charge in [-0.1, -0.05) is 28.9 Å². The smallest absolute Gasteiger partial charge is 0.267 e. The van der Waals surface area contributed by atoms with Crippen LogP contribution in [0.1, 0.15) is 24.5 Å². The van der Waals surface area contributed by atoms with E-state index in [1.807, 2.05) is 19.1 Å². The van der Waals surface area contributed by atoms with E-state index in [0.29, 0.717) is 38.7 Å². The molecule has 33 heavy (non-hydrogen) atoms. The van der Waals surface area contributed by atoms with E-state index in [2.05, 4.69) is 40.6 Å². The zero-order valence-electron chi connectivity index (χ0n) is 17.4. The maximum atomic E-state index is 13.5. The van der Waals surface area contributed by atoms with E-state index in [-0.39, 0.29) is 23.2 Å². The molecule has 5 rings (SSSR count). The Labute approximate surface area is 190 Å². The average Bonchev–Trinajstić information content (AvgIpc) is 3.45. The summed E-state index contributed by atoms with van der Waals surface area (Å²) < 4.78 is 6.69. The molecule has 0 spiro atoms. The molecule has 4 N–H and O–H groups in total. The van der Waals surface area contributed by atoms with Gasteiger partial charge in [-0.25, -0.2) is 19.6 Å². The molecule has 0 fully saturated rings. The fraction of sp³-hybridized carbons (Fsp3) is 0.150. The van der Waals surface area contributed by atoms with Gasteiger partial charge in [-0.2, -0.15) is 15.1 Å². The summed E-state index contributed by atoms with van der Waals surface area (Å²) in [6.45, 7) is 3.55. The Balaban J connectivity index is 1.66. The van der Waals surface area contributed by atoms with E-state index < -0.39 is 6.04 Å². The van der Waals surface area contributed by atoms with Crippen molar-refractivity contribution in [3.05, 3.63) is 63.8 Å². The molecule has 13 heteroatoms. The van der Waals surface area contributed by atoms with Crippen molar-refractivity contribution in [3.8, 4) is 17.4 Å². The Bertz CT molecular complexity index is 1530. The quantitative estimate of drug-likeness (QED) is 0.351. The molecule has 4 heterocycles. The van der Waals surface area contributed by atoms with Crippen molar-refractivity contribution in [2.24, 2.45) is 0 Å². The maximum Gasteiger partial charge on any atom is 0.267 e. The SMILES string of the molecule is Cc1noc(-c2c(N)ncnc2NC(C)c2cc3cccc(Cl)c3c(=O)n2-c2ncn[nH]2)n1. The molecule has 0 saturated carbocycles. The molecule has 1 aromatic carbocycles. The molecule has 1 atom stereocenters. The van der Waals surface area contributed by atoms with Gasteiger partial charge in [0.2, 0.25) is 5.95 Å². The third kappa shape index (κ3) is 3.55. The summed E-state index contributed by atoms with van der Waals surface area (Å²) >= 11 is 6.34. The van der Waals surface area contributed by atoms with Gasteiger partial charge in [0.25, 0.3) is 11.4 Å². The lowest BCUT2D eigenvalue weighted by atomic mass is 10.1. The summed E-state index contributed by atoms with van der Waals surface area (Å²) in [5.74, 6) is 1.40. The van der Waals surface area contributed by atoms with E-state index in [9.17, 15) is 4.79 Å². The van der Waals surface area contributed by atoms with Crippen LogP contribution in [0.15, 0.2) is 46.2 Å². The molecule has 0 saturated heterocycles. The average molecular weight is 465 g/mol. The van der Waals surface area contributed by atoms with Crippen molar-refractivity contribution >= 4 is 34.0 Å². The van der Waals surface area contributed by atoms with Crippen LogP contribution in [0.3, 0.4) is 0 Å². The van der Waals surface area contributed by atoms with Gasteiger partial charge in [0.05, 0.1) is 22.1 Å². The number of aromatic amines is 1. The number of hydrogen-bond donors (Lipinski definition) is 3. The van der Waals surface area contributed by atoms with Crippen LogP contribution in [0.4, 0.5) is 11.6 Å².